The van der Waals surface area contributed by atoms with Gasteiger partial charge in [-0.25, -0.2) is 0 Å². The molecule has 1 aliphatic rings. The van der Waals surface area contributed by atoms with Crippen LogP contribution in [-0.4, -0.2) is 45.8 Å². The quantitative estimate of drug-likeness (QED) is 0.754. The number of benzene rings is 1. The summed E-state index contributed by atoms with van der Waals surface area (Å²) in [6.45, 7) is 8.55. The van der Waals surface area contributed by atoms with Gasteiger partial charge < -0.3 is 20.1 Å². The maximum Gasteiger partial charge on any atom is 0.573 e. The zero-order valence-corrected chi connectivity index (χ0v) is 17.7. The summed E-state index contributed by atoms with van der Waals surface area (Å²) in [5.41, 5.74) is 0.0378. The Labute approximate surface area is 174 Å². The molecule has 1 aromatic heterocycles. The van der Waals surface area contributed by atoms with Crippen molar-refractivity contribution in [2.45, 2.75) is 64.0 Å². The van der Waals surface area contributed by atoms with Crippen molar-refractivity contribution in [2.75, 3.05) is 11.9 Å². The highest BCUT2D eigenvalue weighted by Crippen LogP contribution is 2.41. The maximum atomic E-state index is 12.8. The predicted molar refractivity (Wildman–Crippen MR) is 109 cm³/mol. The van der Waals surface area contributed by atoms with Crippen molar-refractivity contribution in [1.29, 1.82) is 0 Å². The van der Waals surface area contributed by atoms with Gasteiger partial charge in [0, 0.05) is 29.7 Å². The Hall–Kier alpha value is -2.55. The van der Waals surface area contributed by atoms with Gasteiger partial charge in [-0.15, -0.1) is 18.3 Å². The van der Waals surface area contributed by atoms with E-state index in [1.165, 1.54) is 18.3 Å². The molecule has 9 heteroatoms. The molecular weight excluding hydrogens is 397 g/mol. The van der Waals surface area contributed by atoms with Gasteiger partial charge in [-0.1, -0.05) is 6.07 Å². The standard InChI is InChI=1S/C21H27F3N4O2/c1-19(2)10-14(11-20(3,4)27-19)28(5)17-9-13(12-25-26-17)18-15(29)7-6-8-16(18)30-21(22,23)24/h6-9,12,14,27,29H,10-11H2,1-5H3. The number of anilines is 1. The predicted octanol–water partition coefficient (Wildman–Crippen LogP) is 4.49. The third-order valence-electron chi connectivity index (χ3n) is 5.24. The van der Waals surface area contributed by atoms with Crippen molar-refractivity contribution in [3.63, 3.8) is 0 Å². The molecular formula is C21H27F3N4O2. The van der Waals surface area contributed by atoms with E-state index in [9.17, 15) is 18.3 Å². The van der Waals surface area contributed by atoms with Crippen molar-refractivity contribution >= 4 is 5.82 Å². The zero-order valence-electron chi connectivity index (χ0n) is 17.7. The van der Waals surface area contributed by atoms with Gasteiger partial charge in [0.2, 0.25) is 0 Å². The number of nitrogens with zero attached hydrogens (tertiary/aromatic N) is 3. The number of ether oxygens (including phenoxy) is 1. The number of halogens is 3. The van der Waals surface area contributed by atoms with Crippen molar-refractivity contribution in [2.24, 2.45) is 0 Å². The van der Waals surface area contributed by atoms with Crippen molar-refractivity contribution < 1.29 is 23.0 Å². The highest BCUT2D eigenvalue weighted by atomic mass is 19.4. The first-order valence-electron chi connectivity index (χ1n) is 9.69. The fraction of sp³-hybridized carbons (Fsp3) is 0.524. The molecule has 0 radical (unpaired) electrons. The lowest BCUT2D eigenvalue weighted by Crippen LogP contribution is -2.62. The molecule has 30 heavy (non-hydrogen) atoms. The second kappa shape index (κ2) is 7.61. The third kappa shape index (κ3) is 5.13. The van der Waals surface area contributed by atoms with Gasteiger partial charge in [0.05, 0.1) is 11.8 Å². The van der Waals surface area contributed by atoms with E-state index in [1.807, 2.05) is 11.9 Å². The normalized spacial score (nSPS) is 18.8. The summed E-state index contributed by atoms with van der Waals surface area (Å²) in [6.07, 6.45) is -1.85. The van der Waals surface area contributed by atoms with Gasteiger partial charge in [0.1, 0.15) is 11.5 Å². The van der Waals surface area contributed by atoms with Crippen molar-refractivity contribution in [1.82, 2.24) is 15.5 Å². The monoisotopic (exact) mass is 424 g/mol. The molecule has 2 aromatic rings. The number of aromatic nitrogens is 2. The van der Waals surface area contributed by atoms with Crippen LogP contribution in [0.25, 0.3) is 11.1 Å². The van der Waals surface area contributed by atoms with Crippen LogP contribution in [0.4, 0.5) is 19.0 Å². The third-order valence-corrected chi connectivity index (χ3v) is 5.24. The first-order chi connectivity index (χ1) is 13.8. The highest BCUT2D eigenvalue weighted by Gasteiger charge is 2.39. The summed E-state index contributed by atoms with van der Waals surface area (Å²) in [6, 6.07) is 5.52. The van der Waals surface area contributed by atoms with E-state index < -0.39 is 12.1 Å². The minimum Gasteiger partial charge on any atom is -0.507 e. The SMILES string of the molecule is CN(c1cc(-c2c(O)cccc2OC(F)(F)F)cnn1)C1CC(C)(C)NC(C)(C)C1. The topological polar surface area (TPSA) is 70.5 Å². The Morgan fingerprint density at radius 1 is 1.17 bits per heavy atom. The molecule has 0 saturated carbocycles. The Morgan fingerprint density at radius 3 is 2.40 bits per heavy atom. The fourth-order valence-corrected chi connectivity index (χ4v) is 4.41. The molecule has 1 aliphatic heterocycles. The van der Waals surface area contributed by atoms with E-state index in [0.29, 0.717) is 5.82 Å². The van der Waals surface area contributed by atoms with E-state index in [1.54, 1.807) is 6.07 Å². The molecule has 0 unspecified atom stereocenters. The molecule has 0 bridgehead atoms. The smallest absolute Gasteiger partial charge is 0.507 e. The fourth-order valence-electron chi connectivity index (χ4n) is 4.41. The van der Waals surface area contributed by atoms with E-state index in [-0.39, 0.29) is 34.0 Å². The summed E-state index contributed by atoms with van der Waals surface area (Å²) in [5, 5.41) is 22.0. The van der Waals surface area contributed by atoms with Crippen LogP contribution in [0.5, 0.6) is 11.5 Å². The maximum absolute atomic E-state index is 12.8. The minimum absolute atomic E-state index is 0.0784. The molecule has 1 aromatic carbocycles. The van der Waals surface area contributed by atoms with E-state index in [0.717, 1.165) is 18.9 Å². The Bertz CT molecular complexity index is 899. The van der Waals surface area contributed by atoms with Gasteiger partial charge in [-0.2, -0.15) is 5.10 Å². The lowest BCUT2D eigenvalue weighted by molar-refractivity contribution is -0.274. The van der Waals surface area contributed by atoms with Crippen LogP contribution in [-0.2, 0) is 0 Å². The van der Waals surface area contributed by atoms with Crippen LogP contribution in [0.2, 0.25) is 0 Å². The lowest BCUT2D eigenvalue weighted by Gasteiger charge is -2.49. The molecule has 0 spiro atoms. The minimum atomic E-state index is -4.88. The number of aromatic hydroxyl groups is 1. The molecule has 2 heterocycles. The largest absolute Gasteiger partial charge is 0.573 e. The lowest BCUT2D eigenvalue weighted by atomic mass is 9.79. The summed E-state index contributed by atoms with van der Waals surface area (Å²) in [7, 11) is 1.90. The van der Waals surface area contributed by atoms with E-state index >= 15 is 0 Å². The zero-order chi connectivity index (χ0) is 22.3. The Morgan fingerprint density at radius 2 is 1.80 bits per heavy atom. The first-order valence-corrected chi connectivity index (χ1v) is 9.69. The molecule has 2 N–H and O–H groups in total. The number of hydrogen-bond acceptors (Lipinski definition) is 6. The molecule has 0 atom stereocenters. The highest BCUT2D eigenvalue weighted by molar-refractivity contribution is 5.77. The molecule has 6 nitrogen and oxygen atoms in total. The number of piperidine rings is 1. The number of alkyl halides is 3. The van der Waals surface area contributed by atoms with Crippen molar-refractivity contribution in [3.05, 3.63) is 30.5 Å². The average Bonchev–Trinajstić information content (AvgIpc) is 2.57. The van der Waals surface area contributed by atoms with Crippen LogP contribution in [0.3, 0.4) is 0 Å². The van der Waals surface area contributed by atoms with E-state index in [4.69, 9.17) is 0 Å². The van der Waals surface area contributed by atoms with Crippen LogP contribution < -0.4 is 15.0 Å². The number of rotatable bonds is 4. The second-order valence-electron chi connectivity index (χ2n) is 9.07. The molecule has 3 rings (SSSR count). The Balaban J connectivity index is 1.96. The molecule has 1 saturated heterocycles. The van der Waals surface area contributed by atoms with Gasteiger partial charge >= 0.3 is 6.36 Å². The van der Waals surface area contributed by atoms with E-state index in [2.05, 4.69) is 47.9 Å². The van der Waals surface area contributed by atoms with Gasteiger partial charge in [-0.05, 0) is 58.7 Å². The van der Waals surface area contributed by atoms with Crippen molar-refractivity contribution in [3.8, 4) is 22.6 Å². The van der Waals surface area contributed by atoms with Crippen LogP contribution >= 0.6 is 0 Å². The molecule has 0 aliphatic carbocycles. The first kappa shape index (κ1) is 22.1. The van der Waals surface area contributed by atoms with Crippen LogP contribution in [0, 0.1) is 0 Å². The number of nitrogens with one attached hydrogen (secondary N) is 1. The summed E-state index contributed by atoms with van der Waals surface area (Å²) in [5.74, 6) is -0.317. The number of phenolic OH excluding ortho intramolecular Hbond substituents is 1. The van der Waals surface area contributed by atoms with Gasteiger partial charge in [0.15, 0.2) is 5.82 Å². The number of phenols is 1. The summed E-state index contributed by atoms with van der Waals surface area (Å²) < 4.78 is 42.6. The molecule has 0 amide bonds. The summed E-state index contributed by atoms with van der Waals surface area (Å²) >= 11 is 0. The van der Waals surface area contributed by atoms with Gasteiger partial charge in [0.25, 0.3) is 0 Å². The molecule has 1 fully saturated rings. The number of hydrogen-bond donors (Lipinski definition) is 2. The van der Waals surface area contributed by atoms with Crippen LogP contribution in [0.15, 0.2) is 30.5 Å². The second-order valence-corrected chi connectivity index (χ2v) is 9.07. The summed E-state index contributed by atoms with van der Waals surface area (Å²) in [4.78, 5) is 1.99. The Kier molecular flexibility index (Phi) is 5.62. The van der Waals surface area contributed by atoms with Gasteiger partial charge in [-0.3, -0.25) is 0 Å². The average molecular weight is 424 g/mol. The van der Waals surface area contributed by atoms with Crippen LogP contribution in [0.1, 0.15) is 40.5 Å². The molecule has 164 valence electrons.